The Morgan fingerprint density at radius 1 is 1.09 bits per heavy atom. The van der Waals surface area contributed by atoms with Crippen molar-refractivity contribution in [1.82, 2.24) is 14.7 Å². The highest BCUT2D eigenvalue weighted by molar-refractivity contribution is 6.15. The lowest BCUT2D eigenvalue weighted by Gasteiger charge is -2.50. The molecule has 35 heavy (non-hydrogen) atoms. The van der Waals surface area contributed by atoms with Gasteiger partial charge in [-0.2, -0.15) is 5.10 Å². The number of para-hydroxylation sites is 1. The highest BCUT2D eigenvalue weighted by Crippen LogP contribution is 2.46. The molecule has 180 valence electrons. The molecule has 3 aromatic rings. The summed E-state index contributed by atoms with van der Waals surface area (Å²) in [5.74, 6) is -1.06. The second-order valence-corrected chi connectivity index (χ2v) is 9.41. The fourth-order valence-electron chi connectivity index (χ4n) is 5.26. The molecule has 3 heterocycles. The molecule has 0 radical (unpaired) electrons. The van der Waals surface area contributed by atoms with Gasteiger partial charge in [-0.1, -0.05) is 24.3 Å². The van der Waals surface area contributed by atoms with Crippen LogP contribution in [0, 0.1) is 13.8 Å². The molecular weight excluding hydrogens is 444 g/mol. The number of nitrogens with zero attached hydrogens (tertiary/aromatic N) is 4. The molecule has 1 aromatic heterocycles. The number of amides is 2. The van der Waals surface area contributed by atoms with Gasteiger partial charge in [-0.15, -0.1) is 0 Å². The molecule has 8 nitrogen and oxygen atoms in total. The van der Waals surface area contributed by atoms with Gasteiger partial charge in [-0.3, -0.25) is 14.5 Å². The Kier molecular flexibility index (Phi) is 5.46. The molecule has 1 saturated heterocycles. The van der Waals surface area contributed by atoms with Crippen LogP contribution in [0.5, 0.6) is 0 Å². The first-order chi connectivity index (χ1) is 16.7. The van der Waals surface area contributed by atoms with E-state index in [9.17, 15) is 14.4 Å². The maximum atomic E-state index is 13.7. The number of anilines is 1. The van der Waals surface area contributed by atoms with Crippen LogP contribution in [0.1, 0.15) is 54.0 Å². The van der Waals surface area contributed by atoms with E-state index in [4.69, 9.17) is 4.74 Å². The molecule has 0 saturated carbocycles. The molecule has 8 heteroatoms. The average Bonchev–Trinajstić information content (AvgIpc) is 3.36. The van der Waals surface area contributed by atoms with E-state index >= 15 is 0 Å². The fraction of sp³-hybridized carbons (Fsp3) is 0.333. The van der Waals surface area contributed by atoms with Gasteiger partial charge in [-0.05, 0) is 63.6 Å². The van der Waals surface area contributed by atoms with E-state index in [0.29, 0.717) is 11.3 Å². The summed E-state index contributed by atoms with van der Waals surface area (Å²) < 4.78 is 7.65. The van der Waals surface area contributed by atoms with Crippen molar-refractivity contribution in [2.75, 3.05) is 4.90 Å². The summed E-state index contributed by atoms with van der Waals surface area (Å²) in [4.78, 5) is 43.1. The van der Waals surface area contributed by atoms with Crippen molar-refractivity contribution < 1.29 is 19.1 Å². The van der Waals surface area contributed by atoms with Gasteiger partial charge in [0, 0.05) is 24.6 Å². The lowest BCUT2D eigenvalue weighted by atomic mass is 9.95. The zero-order valence-electron chi connectivity index (χ0n) is 20.3. The third kappa shape index (κ3) is 3.51. The van der Waals surface area contributed by atoms with Gasteiger partial charge in [0.15, 0.2) is 0 Å². The maximum absolute atomic E-state index is 13.7. The van der Waals surface area contributed by atoms with Crippen LogP contribution in [0.3, 0.4) is 0 Å². The van der Waals surface area contributed by atoms with Crippen LogP contribution >= 0.6 is 0 Å². The summed E-state index contributed by atoms with van der Waals surface area (Å²) in [5.41, 5.74) is 3.08. The van der Waals surface area contributed by atoms with Gasteiger partial charge < -0.3 is 9.64 Å². The van der Waals surface area contributed by atoms with Gasteiger partial charge in [0.2, 0.25) is 11.6 Å². The third-order valence-corrected chi connectivity index (χ3v) is 6.70. The van der Waals surface area contributed by atoms with Crippen molar-refractivity contribution in [3.8, 4) is 5.69 Å². The molecule has 5 rings (SSSR count). The maximum Gasteiger partial charge on any atom is 0.354 e. The van der Waals surface area contributed by atoms with E-state index in [-0.39, 0.29) is 37.3 Å². The molecular formula is C27H28N4O4. The summed E-state index contributed by atoms with van der Waals surface area (Å²) in [7, 11) is 0. The SMILES string of the molecule is Cc1cc(C)n(-c2ccc(COC(=O)[C@@]34CCC(=O)N3c3ccccc3C(=O)N4C(C)C)cc2)n1. The molecule has 1 atom stereocenters. The van der Waals surface area contributed by atoms with Crippen molar-refractivity contribution in [3.63, 3.8) is 0 Å². The summed E-state index contributed by atoms with van der Waals surface area (Å²) in [5, 5.41) is 4.49. The van der Waals surface area contributed by atoms with E-state index in [2.05, 4.69) is 5.10 Å². The summed E-state index contributed by atoms with van der Waals surface area (Å²) in [6, 6.07) is 16.3. The van der Waals surface area contributed by atoms with E-state index in [1.807, 2.05) is 62.7 Å². The van der Waals surface area contributed by atoms with Gasteiger partial charge >= 0.3 is 5.97 Å². The molecule has 1 fully saturated rings. The van der Waals surface area contributed by atoms with Crippen LogP contribution in [0.25, 0.3) is 5.69 Å². The van der Waals surface area contributed by atoms with Crippen molar-refractivity contribution in [1.29, 1.82) is 0 Å². The number of hydrogen-bond donors (Lipinski definition) is 0. The minimum Gasteiger partial charge on any atom is -0.458 e. The molecule has 0 spiro atoms. The number of fused-ring (bicyclic) bond motifs is 3. The first kappa shape index (κ1) is 22.8. The number of benzene rings is 2. The Balaban J connectivity index is 1.43. The van der Waals surface area contributed by atoms with Crippen molar-refractivity contribution >= 4 is 23.5 Å². The highest BCUT2D eigenvalue weighted by Gasteiger charge is 2.62. The predicted molar refractivity (Wildman–Crippen MR) is 130 cm³/mol. The van der Waals surface area contributed by atoms with Crippen LogP contribution < -0.4 is 4.90 Å². The van der Waals surface area contributed by atoms with E-state index in [1.54, 1.807) is 24.3 Å². The molecule has 0 N–H and O–H groups in total. The molecule has 2 aliphatic rings. The second kappa shape index (κ2) is 8.37. The van der Waals surface area contributed by atoms with E-state index in [0.717, 1.165) is 22.6 Å². The van der Waals surface area contributed by atoms with Gasteiger partial charge in [0.05, 0.1) is 22.6 Å². The largest absolute Gasteiger partial charge is 0.458 e. The molecule has 2 aromatic carbocycles. The second-order valence-electron chi connectivity index (χ2n) is 9.41. The molecule has 0 aliphatic carbocycles. The first-order valence-corrected chi connectivity index (χ1v) is 11.8. The number of rotatable bonds is 5. The lowest BCUT2D eigenvalue weighted by molar-refractivity contribution is -0.159. The highest BCUT2D eigenvalue weighted by atomic mass is 16.5. The van der Waals surface area contributed by atoms with Crippen LogP contribution in [-0.2, 0) is 20.9 Å². The number of aryl methyl sites for hydroxylation is 2. The number of aromatic nitrogens is 2. The van der Waals surface area contributed by atoms with Gasteiger partial charge in [0.1, 0.15) is 6.61 Å². The average molecular weight is 473 g/mol. The quantitative estimate of drug-likeness (QED) is 0.526. The third-order valence-electron chi connectivity index (χ3n) is 6.70. The number of carbonyl (C=O) groups excluding carboxylic acids is 3. The fourth-order valence-corrected chi connectivity index (χ4v) is 5.26. The Morgan fingerprint density at radius 2 is 1.80 bits per heavy atom. The number of esters is 1. The summed E-state index contributed by atoms with van der Waals surface area (Å²) >= 11 is 0. The van der Waals surface area contributed by atoms with Crippen LogP contribution in [0.15, 0.2) is 54.6 Å². The Bertz CT molecular complexity index is 1330. The molecule has 0 bridgehead atoms. The van der Waals surface area contributed by atoms with Crippen LogP contribution in [0.2, 0.25) is 0 Å². The summed E-state index contributed by atoms with van der Waals surface area (Å²) in [6.07, 6.45) is 0.358. The molecule has 2 aliphatic heterocycles. The topological polar surface area (TPSA) is 84.7 Å². The van der Waals surface area contributed by atoms with Crippen LogP contribution in [0.4, 0.5) is 5.69 Å². The van der Waals surface area contributed by atoms with Crippen LogP contribution in [-0.4, -0.2) is 44.2 Å². The van der Waals surface area contributed by atoms with Crippen molar-refractivity contribution in [3.05, 3.63) is 77.1 Å². The minimum atomic E-state index is -1.49. The van der Waals surface area contributed by atoms with E-state index in [1.165, 1.54) is 9.80 Å². The number of hydrogen-bond acceptors (Lipinski definition) is 5. The first-order valence-electron chi connectivity index (χ1n) is 11.8. The standard InChI is InChI=1S/C27H28N4O4/c1-17(2)29-25(33)22-7-5-6-8-23(22)30-24(32)13-14-27(29,30)26(34)35-16-20-9-11-21(12-10-20)31-19(4)15-18(3)28-31/h5-12,15,17H,13-14,16H2,1-4H3/t27-/m1/s1. The smallest absolute Gasteiger partial charge is 0.354 e. The Morgan fingerprint density at radius 3 is 2.46 bits per heavy atom. The monoisotopic (exact) mass is 472 g/mol. The normalized spacial score (nSPS) is 19.2. The van der Waals surface area contributed by atoms with E-state index < -0.39 is 11.6 Å². The lowest BCUT2D eigenvalue weighted by Crippen LogP contribution is -2.70. The van der Waals surface area contributed by atoms with Gasteiger partial charge in [-0.25, -0.2) is 9.48 Å². The van der Waals surface area contributed by atoms with Crippen molar-refractivity contribution in [2.24, 2.45) is 0 Å². The predicted octanol–water partition coefficient (Wildman–Crippen LogP) is 3.92. The summed E-state index contributed by atoms with van der Waals surface area (Å²) in [6.45, 7) is 7.66. The Labute approximate surface area is 204 Å². The van der Waals surface area contributed by atoms with Gasteiger partial charge in [0.25, 0.3) is 5.91 Å². The Hall–Kier alpha value is -3.94. The zero-order chi connectivity index (χ0) is 24.9. The number of ether oxygens (including phenoxy) is 1. The zero-order valence-corrected chi connectivity index (χ0v) is 20.3. The van der Waals surface area contributed by atoms with Crippen molar-refractivity contribution in [2.45, 2.75) is 58.8 Å². The number of carbonyl (C=O) groups is 3. The molecule has 2 amide bonds. The molecule has 0 unspecified atom stereocenters. The minimum absolute atomic E-state index is 0.0295.